The lowest BCUT2D eigenvalue weighted by Crippen LogP contribution is -2.54. The van der Waals surface area contributed by atoms with Gasteiger partial charge in [0.25, 0.3) is 0 Å². The number of hydrogen-bond donors (Lipinski definition) is 1. The summed E-state index contributed by atoms with van der Waals surface area (Å²) in [5, 5.41) is 3.98. The maximum atomic E-state index is 5.22. The molecule has 1 heterocycles. The first kappa shape index (κ1) is 19.2. The van der Waals surface area contributed by atoms with E-state index in [9.17, 15) is 0 Å². The molecule has 0 radical (unpaired) electrons. The number of rotatable bonds is 8. The second-order valence-electron chi connectivity index (χ2n) is 9.04. The molecule has 1 spiro atoms. The highest BCUT2D eigenvalue weighted by Gasteiger charge is 2.49. The van der Waals surface area contributed by atoms with E-state index in [1.807, 2.05) is 0 Å². The summed E-state index contributed by atoms with van der Waals surface area (Å²) < 4.78 is 5.22. The van der Waals surface area contributed by atoms with E-state index in [1.54, 1.807) is 12.7 Å². The van der Waals surface area contributed by atoms with Gasteiger partial charge in [0, 0.05) is 25.7 Å². The van der Waals surface area contributed by atoms with E-state index < -0.39 is 0 Å². The maximum absolute atomic E-state index is 5.22. The Bertz CT molecular complexity index is 625. The zero-order valence-electron chi connectivity index (χ0n) is 17.1. The molecule has 0 aromatic heterocycles. The fourth-order valence-electron chi connectivity index (χ4n) is 5.31. The highest BCUT2D eigenvalue weighted by Crippen LogP contribution is 2.50. The van der Waals surface area contributed by atoms with Crippen LogP contribution in [0, 0.1) is 11.3 Å². The minimum atomic E-state index is 0.652. The molecule has 2 saturated carbocycles. The van der Waals surface area contributed by atoms with Crippen LogP contribution >= 0.6 is 0 Å². The number of methoxy groups -OCH3 is 1. The van der Waals surface area contributed by atoms with Gasteiger partial charge in [0.2, 0.25) is 0 Å². The van der Waals surface area contributed by atoms with E-state index >= 15 is 0 Å². The third-order valence-corrected chi connectivity index (χ3v) is 7.16. The van der Waals surface area contributed by atoms with Crippen molar-refractivity contribution in [2.45, 2.75) is 57.5 Å². The highest BCUT2D eigenvalue weighted by atomic mass is 16.5. The second kappa shape index (κ2) is 8.46. The SMILES string of the molecule is CC/C(=C\c1ccccc1)C1C[C@H]1NC1CC2(CCN(CCOC)CC2)C1. The number of nitrogens with one attached hydrogen (secondary N) is 1. The Labute approximate surface area is 165 Å². The minimum absolute atomic E-state index is 0.652. The van der Waals surface area contributed by atoms with Crippen LogP contribution in [0.3, 0.4) is 0 Å². The molecule has 1 aromatic rings. The summed E-state index contributed by atoms with van der Waals surface area (Å²) in [5.41, 5.74) is 3.63. The molecule has 1 N–H and O–H groups in total. The number of piperidine rings is 1. The molecule has 2 atom stereocenters. The van der Waals surface area contributed by atoms with Gasteiger partial charge in [0.1, 0.15) is 0 Å². The van der Waals surface area contributed by atoms with Gasteiger partial charge < -0.3 is 15.0 Å². The van der Waals surface area contributed by atoms with Crippen molar-refractivity contribution in [3.8, 4) is 0 Å². The van der Waals surface area contributed by atoms with Crippen LogP contribution in [0.2, 0.25) is 0 Å². The molecule has 0 bridgehead atoms. The van der Waals surface area contributed by atoms with Crippen LogP contribution in [0.25, 0.3) is 6.08 Å². The average molecular weight is 369 g/mol. The molecule has 1 saturated heterocycles. The third kappa shape index (κ3) is 4.64. The van der Waals surface area contributed by atoms with Crippen molar-refractivity contribution in [2.24, 2.45) is 11.3 Å². The molecular weight excluding hydrogens is 332 g/mol. The Morgan fingerprint density at radius 3 is 2.63 bits per heavy atom. The van der Waals surface area contributed by atoms with Gasteiger partial charge in [-0.1, -0.05) is 48.9 Å². The molecule has 1 aliphatic heterocycles. The Kier molecular flexibility index (Phi) is 6.01. The van der Waals surface area contributed by atoms with Gasteiger partial charge in [-0.3, -0.25) is 0 Å². The first-order valence-electron chi connectivity index (χ1n) is 10.9. The molecule has 3 aliphatic rings. The van der Waals surface area contributed by atoms with Gasteiger partial charge in [0.05, 0.1) is 6.61 Å². The zero-order valence-corrected chi connectivity index (χ0v) is 17.1. The lowest BCUT2D eigenvalue weighted by molar-refractivity contribution is -0.000607. The summed E-state index contributed by atoms with van der Waals surface area (Å²) in [6, 6.07) is 12.3. The number of likely N-dealkylation sites (tertiary alicyclic amines) is 1. The molecular formula is C24H36N2O. The van der Waals surface area contributed by atoms with Gasteiger partial charge in [-0.25, -0.2) is 0 Å². The minimum Gasteiger partial charge on any atom is -0.383 e. The molecule has 148 valence electrons. The van der Waals surface area contributed by atoms with Gasteiger partial charge >= 0.3 is 0 Å². The van der Waals surface area contributed by atoms with Crippen molar-refractivity contribution < 1.29 is 4.74 Å². The number of ether oxygens (including phenoxy) is 1. The van der Waals surface area contributed by atoms with Crippen molar-refractivity contribution in [2.75, 3.05) is 33.4 Å². The standard InChI is InChI=1S/C24H36N2O/c1-3-20(15-19-7-5-4-6-8-19)22-16-23(22)25-21-17-24(18-21)9-11-26(12-10-24)13-14-27-2/h4-8,15,21-23,25H,3,9-14,16-18H2,1-2H3/b20-15+/t22?,23-/m1/s1. The van der Waals surface area contributed by atoms with Gasteiger partial charge in [-0.2, -0.15) is 0 Å². The van der Waals surface area contributed by atoms with Crippen molar-refractivity contribution in [3.63, 3.8) is 0 Å². The second-order valence-corrected chi connectivity index (χ2v) is 9.04. The van der Waals surface area contributed by atoms with Crippen LogP contribution in [-0.2, 0) is 4.74 Å². The topological polar surface area (TPSA) is 24.5 Å². The summed E-state index contributed by atoms with van der Waals surface area (Å²) in [4.78, 5) is 2.58. The van der Waals surface area contributed by atoms with Gasteiger partial charge in [-0.05, 0) is 68.5 Å². The van der Waals surface area contributed by atoms with Crippen LogP contribution < -0.4 is 5.32 Å². The Balaban J connectivity index is 1.21. The molecule has 2 aliphatic carbocycles. The Hall–Kier alpha value is -1.16. The van der Waals surface area contributed by atoms with E-state index in [1.165, 1.54) is 57.2 Å². The van der Waals surface area contributed by atoms with Crippen LogP contribution in [0.15, 0.2) is 35.9 Å². The third-order valence-electron chi connectivity index (χ3n) is 7.16. The lowest BCUT2D eigenvalue weighted by atomic mass is 9.60. The fourth-order valence-corrected chi connectivity index (χ4v) is 5.31. The summed E-state index contributed by atoms with van der Waals surface area (Å²) >= 11 is 0. The van der Waals surface area contributed by atoms with Gasteiger partial charge in [0.15, 0.2) is 0 Å². The van der Waals surface area contributed by atoms with Gasteiger partial charge in [-0.15, -0.1) is 0 Å². The zero-order chi connectivity index (χ0) is 18.7. The smallest absolute Gasteiger partial charge is 0.0589 e. The van der Waals surface area contributed by atoms with Crippen LogP contribution in [0.5, 0.6) is 0 Å². The van der Waals surface area contributed by atoms with Crippen LogP contribution in [0.4, 0.5) is 0 Å². The number of hydrogen-bond acceptors (Lipinski definition) is 3. The summed E-state index contributed by atoms with van der Waals surface area (Å²) in [6.07, 6.45) is 10.5. The predicted octanol–water partition coefficient (Wildman–Crippen LogP) is 4.35. The Morgan fingerprint density at radius 2 is 1.96 bits per heavy atom. The highest BCUT2D eigenvalue weighted by molar-refractivity contribution is 5.54. The first-order chi connectivity index (χ1) is 13.2. The van der Waals surface area contributed by atoms with Crippen LogP contribution in [0.1, 0.15) is 51.0 Å². The molecule has 4 rings (SSSR count). The van der Waals surface area contributed by atoms with E-state index in [0.717, 1.165) is 31.2 Å². The normalized spacial score (nSPS) is 28.3. The molecule has 27 heavy (non-hydrogen) atoms. The predicted molar refractivity (Wildman–Crippen MR) is 113 cm³/mol. The van der Waals surface area contributed by atoms with Crippen molar-refractivity contribution in [1.82, 2.24) is 10.2 Å². The first-order valence-corrected chi connectivity index (χ1v) is 10.9. The van der Waals surface area contributed by atoms with Crippen molar-refractivity contribution >= 4 is 6.08 Å². The van der Waals surface area contributed by atoms with E-state index in [0.29, 0.717) is 5.41 Å². The average Bonchev–Trinajstić information content (AvgIpc) is 3.44. The lowest BCUT2D eigenvalue weighted by Gasteiger charge is -2.52. The molecule has 1 unspecified atom stereocenters. The van der Waals surface area contributed by atoms with Crippen molar-refractivity contribution in [3.05, 3.63) is 41.5 Å². The van der Waals surface area contributed by atoms with E-state index in [2.05, 4.69) is 53.5 Å². The summed E-state index contributed by atoms with van der Waals surface area (Å²) in [5.74, 6) is 0.766. The monoisotopic (exact) mass is 368 g/mol. The van der Waals surface area contributed by atoms with Crippen molar-refractivity contribution in [1.29, 1.82) is 0 Å². The molecule has 3 nitrogen and oxygen atoms in total. The molecule has 0 amide bonds. The van der Waals surface area contributed by atoms with E-state index in [-0.39, 0.29) is 0 Å². The maximum Gasteiger partial charge on any atom is 0.0589 e. The molecule has 3 fully saturated rings. The quantitative estimate of drug-likeness (QED) is 0.738. The molecule has 3 heteroatoms. The number of nitrogens with zero attached hydrogens (tertiary/aromatic N) is 1. The Morgan fingerprint density at radius 1 is 1.22 bits per heavy atom. The fraction of sp³-hybridized carbons (Fsp3) is 0.667. The number of benzene rings is 1. The van der Waals surface area contributed by atoms with Crippen LogP contribution in [-0.4, -0.2) is 50.3 Å². The van der Waals surface area contributed by atoms with E-state index in [4.69, 9.17) is 4.74 Å². The summed E-state index contributed by atoms with van der Waals surface area (Å²) in [7, 11) is 1.80. The largest absolute Gasteiger partial charge is 0.383 e. The molecule has 1 aromatic carbocycles. The summed E-state index contributed by atoms with van der Waals surface area (Å²) in [6.45, 7) is 6.81.